The summed E-state index contributed by atoms with van der Waals surface area (Å²) >= 11 is 5.95. The minimum absolute atomic E-state index is 0. The second-order valence-corrected chi connectivity index (χ2v) is 4.13. The molecule has 0 aliphatic rings. The monoisotopic (exact) mass is 293 g/mol. The quantitative estimate of drug-likeness (QED) is 0.795. The molecule has 2 nitrogen and oxygen atoms in total. The summed E-state index contributed by atoms with van der Waals surface area (Å²) in [5.41, 5.74) is 6.61. The van der Waals surface area contributed by atoms with E-state index in [9.17, 15) is 4.39 Å². The van der Waals surface area contributed by atoms with Gasteiger partial charge in [-0.1, -0.05) is 17.7 Å². The van der Waals surface area contributed by atoms with Crippen LogP contribution in [0.1, 0.15) is 31.4 Å². The summed E-state index contributed by atoms with van der Waals surface area (Å²) in [5, 5.41) is 0.260. The van der Waals surface area contributed by atoms with Gasteiger partial charge in [0.05, 0.1) is 11.6 Å². The van der Waals surface area contributed by atoms with Crippen molar-refractivity contribution < 1.29 is 9.13 Å². The van der Waals surface area contributed by atoms with Crippen molar-refractivity contribution in [3.8, 4) is 5.75 Å². The largest absolute Gasteiger partial charge is 0.489 e. The van der Waals surface area contributed by atoms with Crippen molar-refractivity contribution in [2.24, 2.45) is 5.73 Å². The third-order valence-corrected chi connectivity index (χ3v) is 2.70. The van der Waals surface area contributed by atoms with Crippen molar-refractivity contribution in [2.75, 3.05) is 6.61 Å². The second kappa shape index (κ2) is 8.35. The Kier molecular flexibility index (Phi) is 8.00. The molecule has 0 amide bonds. The lowest BCUT2D eigenvalue weighted by Crippen LogP contribution is -2.10. The Morgan fingerprint density at radius 1 is 1.56 bits per heavy atom. The van der Waals surface area contributed by atoms with E-state index in [1.54, 1.807) is 19.1 Å². The zero-order valence-corrected chi connectivity index (χ0v) is 11.9. The summed E-state index contributed by atoms with van der Waals surface area (Å²) in [6.45, 7) is 5.77. The Bertz CT molecular complexity index is 376. The Labute approximate surface area is 118 Å². The lowest BCUT2D eigenvalue weighted by Gasteiger charge is -2.14. The SMILES string of the molecule is C=CCC[C@@H](N)c1cc(F)c(OCC)c(Cl)c1.Cl. The smallest absolute Gasteiger partial charge is 0.173 e. The van der Waals surface area contributed by atoms with Crippen LogP contribution in [0.25, 0.3) is 0 Å². The first-order chi connectivity index (χ1) is 8.10. The minimum Gasteiger partial charge on any atom is -0.489 e. The highest BCUT2D eigenvalue weighted by atomic mass is 35.5. The Balaban J connectivity index is 0.00000289. The van der Waals surface area contributed by atoms with Gasteiger partial charge in [0, 0.05) is 6.04 Å². The third-order valence-electron chi connectivity index (χ3n) is 2.42. The van der Waals surface area contributed by atoms with Gasteiger partial charge >= 0.3 is 0 Å². The van der Waals surface area contributed by atoms with Gasteiger partial charge in [-0.15, -0.1) is 19.0 Å². The van der Waals surface area contributed by atoms with Crippen molar-refractivity contribution in [1.82, 2.24) is 0 Å². The van der Waals surface area contributed by atoms with Gasteiger partial charge in [-0.05, 0) is 37.5 Å². The lowest BCUT2D eigenvalue weighted by atomic mass is 10.0. The van der Waals surface area contributed by atoms with Gasteiger partial charge in [0.25, 0.3) is 0 Å². The molecule has 0 saturated carbocycles. The Morgan fingerprint density at radius 2 is 2.22 bits per heavy atom. The molecule has 2 N–H and O–H groups in total. The molecule has 1 aromatic carbocycles. The van der Waals surface area contributed by atoms with E-state index in [1.807, 2.05) is 0 Å². The first-order valence-electron chi connectivity index (χ1n) is 5.58. The summed E-state index contributed by atoms with van der Waals surface area (Å²) in [7, 11) is 0. The molecule has 18 heavy (non-hydrogen) atoms. The van der Waals surface area contributed by atoms with E-state index >= 15 is 0 Å². The van der Waals surface area contributed by atoms with Gasteiger partial charge in [0.1, 0.15) is 0 Å². The fourth-order valence-corrected chi connectivity index (χ4v) is 1.81. The highest BCUT2D eigenvalue weighted by Gasteiger charge is 2.14. The van der Waals surface area contributed by atoms with Crippen molar-refractivity contribution in [1.29, 1.82) is 0 Å². The molecule has 0 radical (unpaired) electrons. The van der Waals surface area contributed by atoms with Crippen LogP contribution in [-0.2, 0) is 0 Å². The highest BCUT2D eigenvalue weighted by molar-refractivity contribution is 6.32. The summed E-state index contributed by atoms with van der Waals surface area (Å²) in [6.07, 6.45) is 3.28. The third kappa shape index (κ3) is 4.48. The molecule has 1 aromatic rings. The van der Waals surface area contributed by atoms with Gasteiger partial charge < -0.3 is 10.5 Å². The number of rotatable bonds is 6. The Hall–Kier alpha value is -0.770. The van der Waals surface area contributed by atoms with E-state index in [4.69, 9.17) is 22.1 Å². The number of hydrogen-bond acceptors (Lipinski definition) is 2. The predicted molar refractivity (Wildman–Crippen MR) is 76.2 cm³/mol. The van der Waals surface area contributed by atoms with Crippen molar-refractivity contribution in [3.63, 3.8) is 0 Å². The summed E-state index contributed by atoms with van der Waals surface area (Å²) in [5.74, 6) is -0.378. The van der Waals surface area contributed by atoms with Gasteiger partial charge in [-0.25, -0.2) is 4.39 Å². The van der Waals surface area contributed by atoms with Gasteiger partial charge in [0.15, 0.2) is 11.6 Å². The number of hydrogen-bond donors (Lipinski definition) is 1. The molecule has 0 bridgehead atoms. The fraction of sp³-hybridized carbons (Fsp3) is 0.385. The van der Waals surface area contributed by atoms with Crippen molar-refractivity contribution >= 4 is 24.0 Å². The van der Waals surface area contributed by atoms with Crippen LogP contribution in [0, 0.1) is 5.82 Å². The fourth-order valence-electron chi connectivity index (χ4n) is 1.54. The molecule has 0 aromatic heterocycles. The van der Waals surface area contributed by atoms with Crippen LogP contribution in [0.5, 0.6) is 5.75 Å². The van der Waals surface area contributed by atoms with Crippen LogP contribution >= 0.6 is 24.0 Å². The van der Waals surface area contributed by atoms with Gasteiger partial charge in [-0.3, -0.25) is 0 Å². The molecule has 0 spiro atoms. The molecule has 0 unspecified atom stereocenters. The van der Waals surface area contributed by atoms with E-state index in [0.717, 1.165) is 6.42 Å². The lowest BCUT2D eigenvalue weighted by molar-refractivity contribution is 0.321. The molecule has 1 atom stereocenters. The van der Waals surface area contributed by atoms with Crippen molar-refractivity contribution in [3.05, 3.63) is 41.2 Å². The van der Waals surface area contributed by atoms with E-state index in [1.165, 1.54) is 6.07 Å². The molecular formula is C13H18Cl2FNO. The van der Waals surface area contributed by atoms with E-state index in [0.29, 0.717) is 18.6 Å². The van der Waals surface area contributed by atoms with Crippen molar-refractivity contribution in [2.45, 2.75) is 25.8 Å². The second-order valence-electron chi connectivity index (χ2n) is 3.72. The van der Waals surface area contributed by atoms with Crippen LogP contribution in [-0.4, -0.2) is 6.61 Å². The molecule has 1 rings (SSSR count). The standard InChI is InChI=1S/C13H17ClFNO.ClH/c1-3-5-6-12(16)9-7-10(14)13(17-4-2)11(15)8-9;/h3,7-8,12H,1,4-6,16H2,2H3;1H/t12-;/m1./s1. The molecule has 5 heteroatoms. The maximum absolute atomic E-state index is 13.7. The first-order valence-corrected chi connectivity index (χ1v) is 5.96. The van der Waals surface area contributed by atoms with E-state index in [-0.39, 0.29) is 29.2 Å². The van der Waals surface area contributed by atoms with Crippen LogP contribution in [0.2, 0.25) is 5.02 Å². The average Bonchev–Trinajstić information content (AvgIpc) is 2.30. The average molecular weight is 294 g/mol. The molecule has 0 fully saturated rings. The number of benzene rings is 1. The van der Waals surface area contributed by atoms with Crippen LogP contribution in [0.4, 0.5) is 4.39 Å². The minimum atomic E-state index is -0.469. The van der Waals surface area contributed by atoms with Gasteiger partial charge in [0.2, 0.25) is 0 Å². The molecular weight excluding hydrogens is 276 g/mol. The van der Waals surface area contributed by atoms with E-state index < -0.39 is 5.82 Å². The summed E-state index contributed by atoms with van der Waals surface area (Å²) < 4.78 is 18.8. The van der Waals surface area contributed by atoms with E-state index in [2.05, 4.69) is 6.58 Å². The zero-order valence-electron chi connectivity index (χ0n) is 10.3. The predicted octanol–water partition coefficient (Wildman–Crippen LogP) is 4.27. The van der Waals surface area contributed by atoms with Crippen LogP contribution in [0.15, 0.2) is 24.8 Å². The number of ether oxygens (including phenoxy) is 1. The maximum atomic E-state index is 13.7. The zero-order chi connectivity index (χ0) is 12.8. The normalized spacial score (nSPS) is 11.6. The summed E-state index contributed by atoms with van der Waals surface area (Å²) in [6, 6.07) is 2.80. The van der Waals surface area contributed by atoms with Crippen LogP contribution < -0.4 is 10.5 Å². The molecule has 102 valence electrons. The number of nitrogens with two attached hydrogens (primary N) is 1. The molecule has 0 aliphatic heterocycles. The van der Waals surface area contributed by atoms with Crippen LogP contribution in [0.3, 0.4) is 0 Å². The van der Waals surface area contributed by atoms with Gasteiger partial charge in [-0.2, -0.15) is 0 Å². The first kappa shape index (κ1) is 17.2. The highest BCUT2D eigenvalue weighted by Crippen LogP contribution is 2.31. The summed E-state index contributed by atoms with van der Waals surface area (Å²) in [4.78, 5) is 0. The topological polar surface area (TPSA) is 35.2 Å². The molecule has 0 saturated heterocycles. The molecule has 0 aliphatic carbocycles. The number of halogens is 3. The number of allylic oxidation sites excluding steroid dienone is 1. The Morgan fingerprint density at radius 3 is 2.72 bits per heavy atom. The maximum Gasteiger partial charge on any atom is 0.173 e. The molecule has 0 heterocycles.